The summed E-state index contributed by atoms with van der Waals surface area (Å²) in [5, 5.41) is 0. The van der Waals surface area contributed by atoms with Crippen LogP contribution >= 0.6 is 0 Å². The summed E-state index contributed by atoms with van der Waals surface area (Å²) in [7, 11) is 0. The van der Waals surface area contributed by atoms with Gasteiger partial charge in [-0.2, -0.15) is 39.5 Å². The molecule has 0 nitrogen and oxygen atoms in total. The van der Waals surface area contributed by atoms with Crippen LogP contribution in [0.5, 0.6) is 0 Å². The molecule has 0 aliphatic carbocycles. The van der Waals surface area contributed by atoms with Gasteiger partial charge in [0.15, 0.2) is 0 Å². The Morgan fingerprint density at radius 1 is 0.606 bits per heavy atom. The van der Waals surface area contributed by atoms with Crippen molar-refractivity contribution in [3.63, 3.8) is 0 Å². The van der Waals surface area contributed by atoms with Gasteiger partial charge in [0.2, 0.25) is 0 Å². The number of hydrogen-bond acceptors (Lipinski definition) is 0. The fourth-order valence-electron chi connectivity index (χ4n) is 4.11. The first-order valence-corrected chi connectivity index (χ1v) is 9.75. The highest BCUT2D eigenvalue weighted by Gasteiger charge is 2.45. The van der Waals surface area contributed by atoms with Crippen molar-refractivity contribution in [3.8, 4) is 0 Å². The fourth-order valence-corrected chi connectivity index (χ4v) is 4.11. The van der Waals surface area contributed by atoms with E-state index in [1.807, 2.05) is 0 Å². The molecule has 0 bridgehead atoms. The van der Waals surface area contributed by atoms with Crippen molar-refractivity contribution in [3.05, 3.63) is 69.5 Å². The van der Waals surface area contributed by atoms with Gasteiger partial charge in [0, 0.05) is 5.56 Å². The summed E-state index contributed by atoms with van der Waals surface area (Å²) in [6.45, 7) is 5.87. The molecule has 0 atom stereocenters. The number of rotatable bonds is 3. The van der Waals surface area contributed by atoms with Gasteiger partial charge in [0.25, 0.3) is 0 Å². The molecule has 10 heteroatoms. The SMILES string of the molecule is CC(C)(C)c1c(C(F)(F)F)cc(CC(C)(C)c2c(F)cccc2C(F)(F)F)cc1C(F)(F)F. The van der Waals surface area contributed by atoms with Gasteiger partial charge >= 0.3 is 18.5 Å². The van der Waals surface area contributed by atoms with Crippen LogP contribution in [0.1, 0.15) is 68.0 Å². The Labute approximate surface area is 184 Å². The third-order valence-electron chi connectivity index (χ3n) is 5.20. The van der Waals surface area contributed by atoms with Crippen molar-refractivity contribution in [2.45, 2.75) is 70.4 Å². The summed E-state index contributed by atoms with van der Waals surface area (Å²) in [5.74, 6) is -1.26. The summed E-state index contributed by atoms with van der Waals surface area (Å²) in [5.41, 5.74) is -10.0. The van der Waals surface area contributed by atoms with Crippen molar-refractivity contribution in [1.82, 2.24) is 0 Å². The molecule has 2 aromatic carbocycles. The standard InChI is InChI=1S/C23H22F10/c1-19(2,3)17-14(22(28,29)30)9-12(10-15(17)23(31,32)33)11-20(4,5)18-13(21(25,26)27)7-6-8-16(18)24/h6-10H,11H2,1-5H3. The first kappa shape index (κ1) is 27.0. The first-order valence-electron chi connectivity index (χ1n) is 9.75. The van der Waals surface area contributed by atoms with E-state index in [0.717, 1.165) is 26.0 Å². The molecule has 0 radical (unpaired) electrons. The van der Waals surface area contributed by atoms with Crippen molar-refractivity contribution in [1.29, 1.82) is 0 Å². The van der Waals surface area contributed by atoms with Gasteiger partial charge in [-0.3, -0.25) is 0 Å². The summed E-state index contributed by atoms with van der Waals surface area (Å²) < 4.78 is 138. The van der Waals surface area contributed by atoms with E-state index < -0.39 is 75.0 Å². The fraction of sp³-hybridized carbons (Fsp3) is 0.478. The Morgan fingerprint density at radius 3 is 1.39 bits per heavy atom. The molecule has 2 aromatic rings. The predicted octanol–water partition coefficient (Wildman–Crippen LogP) is 8.70. The normalized spacial score (nSPS) is 14.0. The topological polar surface area (TPSA) is 0 Å². The number of benzene rings is 2. The Balaban J connectivity index is 2.81. The van der Waals surface area contributed by atoms with Crippen LogP contribution in [0, 0.1) is 5.82 Å². The van der Waals surface area contributed by atoms with E-state index in [0.29, 0.717) is 18.2 Å². The molecule has 0 saturated carbocycles. The molecule has 0 saturated heterocycles. The minimum atomic E-state index is -5.15. The number of hydrogen-bond donors (Lipinski definition) is 0. The van der Waals surface area contributed by atoms with Crippen LogP contribution in [0.3, 0.4) is 0 Å². The van der Waals surface area contributed by atoms with E-state index in [9.17, 15) is 43.9 Å². The van der Waals surface area contributed by atoms with Gasteiger partial charge in [-0.15, -0.1) is 0 Å². The third kappa shape index (κ3) is 5.81. The molecule has 0 N–H and O–H groups in total. The molecule has 0 aromatic heterocycles. The Hall–Kier alpha value is -2.26. The highest BCUT2D eigenvalue weighted by molar-refractivity contribution is 5.48. The van der Waals surface area contributed by atoms with Gasteiger partial charge < -0.3 is 0 Å². The van der Waals surface area contributed by atoms with E-state index in [2.05, 4.69) is 0 Å². The second-order valence-corrected chi connectivity index (χ2v) is 9.53. The average Bonchev–Trinajstić information content (AvgIpc) is 2.57. The summed E-state index contributed by atoms with van der Waals surface area (Å²) >= 11 is 0. The lowest BCUT2D eigenvalue weighted by atomic mass is 9.74. The summed E-state index contributed by atoms with van der Waals surface area (Å²) in [6, 6.07) is 3.22. The quantitative estimate of drug-likeness (QED) is 0.379. The van der Waals surface area contributed by atoms with Crippen molar-refractivity contribution in [2.75, 3.05) is 0 Å². The van der Waals surface area contributed by atoms with Gasteiger partial charge in [0.05, 0.1) is 16.7 Å². The smallest absolute Gasteiger partial charge is 0.207 e. The molecule has 0 unspecified atom stereocenters. The number of alkyl halides is 9. The van der Waals surface area contributed by atoms with Crippen LogP contribution in [0.25, 0.3) is 0 Å². The molecular weight excluding hydrogens is 466 g/mol. The van der Waals surface area contributed by atoms with Crippen LogP contribution in [-0.4, -0.2) is 0 Å². The Kier molecular flexibility index (Phi) is 6.70. The molecule has 0 fully saturated rings. The van der Waals surface area contributed by atoms with Crippen LogP contribution in [0.15, 0.2) is 30.3 Å². The highest BCUT2D eigenvalue weighted by atomic mass is 19.4. The van der Waals surface area contributed by atoms with E-state index >= 15 is 0 Å². The lowest BCUT2D eigenvalue weighted by molar-refractivity contribution is -0.145. The molecular formula is C23H22F10. The predicted molar refractivity (Wildman–Crippen MR) is 103 cm³/mol. The third-order valence-corrected chi connectivity index (χ3v) is 5.20. The number of halogens is 10. The molecule has 0 aliphatic rings. The molecule has 0 spiro atoms. The van der Waals surface area contributed by atoms with E-state index in [1.54, 1.807) is 0 Å². The lowest BCUT2D eigenvalue weighted by Gasteiger charge is -2.32. The van der Waals surface area contributed by atoms with E-state index in [4.69, 9.17) is 0 Å². The van der Waals surface area contributed by atoms with Crippen LogP contribution in [0.4, 0.5) is 43.9 Å². The van der Waals surface area contributed by atoms with Crippen molar-refractivity contribution in [2.24, 2.45) is 0 Å². The molecule has 2 rings (SSSR count). The molecule has 0 amide bonds. The van der Waals surface area contributed by atoms with Gasteiger partial charge in [-0.05, 0) is 52.6 Å². The van der Waals surface area contributed by atoms with Gasteiger partial charge in [0.1, 0.15) is 5.82 Å². The van der Waals surface area contributed by atoms with Crippen molar-refractivity contribution >= 4 is 0 Å². The molecule has 184 valence electrons. The Morgan fingerprint density at radius 2 is 1.03 bits per heavy atom. The molecule has 0 aliphatic heterocycles. The van der Waals surface area contributed by atoms with Gasteiger partial charge in [-0.25, -0.2) is 4.39 Å². The van der Waals surface area contributed by atoms with Crippen LogP contribution in [-0.2, 0) is 35.8 Å². The average molecular weight is 488 g/mol. The second-order valence-electron chi connectivity index (χ2n) is 9.53. The van der Waals surface area contributed by atoms with E-state index in [-0.39, 0.29) is 0 Å². The minimum absolute atomic E-state index is 0.506. The summed E-state index contributed by atoms with van der Waals surface area (Å²) in [4.78, 5) is 0. The molecule has 33 heavy (non-hydrogen) atoms. The largest absolute Gasteiger partial charge is 0.416 e. The molecule has 0 heterocycles. The van der Waals surface area contributed by atoms with Gasteiger partial charge in [-0.1, -0.05) is 40.7 Å². The first-order chi connectivity index (χ1) is 14.6. The lowest BCUT2D eigenvalue weighted by Crippen LogP contribution is -2.29. The maximum Gasteiger partial charge on any atom is 0.416 e. The monoisotopic (exact) mass is 488 g/mol. The highest BCUT2D eigenvalue weighted by Crippen LogP contribution is 2.47. The Bertz CT molecular complexity index is 980. The zero-order valence-corrected chi connectivity index (χ0v) is 18.4. The van der Waals surface area contributed by atoms with Crippen molar-refractivity contribution < 1.29 is 43.9 Å². The minimum Gasteiger partial charge on any atom is -0.207 e. The van der Waals surface area contributed by atoms with E-state index in [1.165, 1.54) is 20.8 Å². The maximum atomic E-state index is 14.5. The zero-order chi connectivity index (χ0) is 25.8. The van der Waals surface area contributed by atoms with Crippen LogP contribution in [0.2, 0.25) is 0 Å². The summed E-state index contributed by atoms with van der Waals surface area (Å²) in [6.07, 6.45) is -16.0. The van der Waals surface area contributed by atoms with Crippen LogP contribution < -0.4 is 0 Å². The maximum absolute atomic E-state index is 14.5. The zero-order valence-electron chi connectivity index (χ0n) is 18.4. The second kappa shape index (κ2) is 8.20.